The summed E-state index contributed by atoms with van der Waals surface area (Å²) in [4.78, 5) is 8.24. The van der Waals surface area contributed by atoms with Crippen molar-refractivity contribution >= 4 is 23.1 Å². The lowest BCUT2D eigenvalue weighted by molar-refractivity contribution is 0.687. The minimum Gasteiger partial charge on any atom is -0.339 e. The van der Waals surface area contributed by atoms with Gasteiger partial charge < -0.3 is 5.32 Å². The average Bonchev–Trinajstić information content (AvgIpc) is 2.39. The van der Waals surface area contributed by atoms with Crippen molar-refractivity contribution < 1.29 is 0 Å². The Kier molecular flexibility index (Phi) is 3.15. The van der Waals surface area contributed by atoms with Crippen molar-refractivity contribution in [2.75, 3.05) is 5.32 Å². The van der Waals surface area contributed by atoms with Crippen molar-refractivity contribution in [2.45, 2.75) is 25.7 Å². The molecule has 1 heterocycles. The van der Waals surface area contributed by atoms with E-state index < -0.39 is 0 Å². The predicted molar refractivity (Wildman–Crippen MR) is 73.4 cm³/mol. The molecule has 4 heteroatoms. The maximum Gasteiger partial charge on any atom is 0.150 e. The van der Waals surface area contributed by atoms with Gasteiger partial charge in [-0.05, 0) is 42.9 Å². The maximum absolute atomic E-state index is 5.84. The number of aryl methyl sites for hydroxylation is 1. The molecule has 0 spiro atoms. The van der Waals surface area contributed by atoms with Crippen LogP contribution in [0.1, 0.15) is 24.0 Å². The van der Waals surface area contributed by atoms with Crippen molar-refractivity contribution in [1.82, 2.24) is 9.97 Å². The highest BCUT2D eigenvalue weighted by Crippen LogP contribution is 2.29. The lowest BCUT2D eigenvalue weighted by Gasteiger charge is -2.19. The van der Waals surface area contributed by atoms with Crippen LogP contribution in [0.2, 0.25) is 5.15 Å². The van der Waals surface area contributed by atoms with Gasteiger partial charge in [0, 0.05) is 5.69 Å². The van der Waals surface area contributed by atoms with E-state index in [0.29, 0.717) is 11.0 Å². The van der Waals surface area contributed by atoms with Crippen LogP contribution in [0.5, 0.6) is 0 Å². The monoisotopic (exact) mass is 259 g/mol. The molecular formula is C14H14ClN3. The highest BCUT2D eigenvalue weighted by Gasteiger charge is 2.13. The van der Waals surface area contributed by atoms with E-state index in [9.17, 15) is 0 Å². The molecule has 0 saturated carbocycles. The molecule has 0 fully saturated rings. The molecule has 0 aliphatic heterocycles. The smallest absolute Gasteiger partial charge is 0.150 e. The number of benzene rings is 1. The first-order valence-electron chi connectivity index (χ1n) is 6.18. The summed E-state index contributed by atoms with van der Waals surface area (Å²) >= 11 is 5.84. The van der Waals surface area contributed by atoms with Gasteiger partial charge in [-0.3, -0.25) is 4.98 Å². The van der Waals surface area contributed by atoms with Crippen molar-refractivity contribution in [1.29, 1.82) is 0 Å². The summed E-state index contributed by atoms with van der Waals surface area (Å²) in [5, 5.41) is 3.72. The molecule has 0 bridgehead atoms. The zero-order valence-electron chi connectivity index (χ0n) is 9.99. The second-order valence-corrected chi connectivity index (χ2v) is 4.89. The highest BCUT2D eigenvalue weighted by atomic mass is 35.5. The molecule has 92 valence electrons. The number of fused-ring (bicyclic) bond motifs is 1. The van der Waals surface area contributed by atoms with Gasteiger partial charge in [0.15, 0.2) is 5.82 Å². The molecule has 1 aromatic carbocycles. The van der Waals surface area contributed by atoms with E-state index in [1.165, 1.54) is 36.6 Å². The summed E-state index contributed by atoms with van der Waals surface area (Å²) in [5.41, 5.74) is 3.98. The van der Waals surface area contributed by atoms with E-state index >= 15 is 0 Å². The van der Waals surface area contributed by atoms with Crippen LogP contribution in [0.3, 0.4) is 0 Å². The Morgan fingerprint density at radius 1 is 1.11 bits per heavy atom. The van der Waals surface area contributed by atoms with Gasteiger partial charge in [0.25, 0.3) is 0 Å². The Morgan fingerprint density at radius 2 is 2.00 bits per heavy atom. The predicted octanol–water partition coefficient (Wildman–Crippen LogP) is 3.75. The molecule has 0 amide bonds. The van der Waals surface area contributed by atoms with Crippen molar-refractivity contribution in [2.24, 2.45) is 0 Å². The summed E-state index contributed by atoms with van der Waals surface area (Å²) < 4.78 is 0. The van der Waals surface area contributed by atoms with Crippen LogP contribution in [0.15, 0.2) is 30.6 Å². The zero-order chi connectivity index (χ0) is 12.4. The molecule has 3 nitrogen and oxygen atoms in total. The third-order valence-corrected chi connectivity index (χ3v) is 3.45. The zero-order valence-corrected chi connectivity index (χ0v) is 10.7. The lowest BCUT2D eigenvalue weighted by atomic mass is 9.90. The Morgan fingerprint density at radius 3 is 2.89 bits per heavy atom. The molecule has 2 aromatic rings. The summed E-state index contributed by atoms with van der Waals surface area (Å²) in [7, 11) is 0. The number of nitrogens with zero attached hydrogens (tertiary/aromatic N) is 2. The summed E-state index contributed by atoms with van der Waals surface area (Å²) in [5.74, 6) is 0.696. The van der Waals surface area contributed by atoms with Gasteiger partial charge in [0.05, 0.1) is 12.4 Å². The quantitative estimate of drug-likeness (QED) is 0.893. The van der Waals surface area contributed by atoms with E-state index in [1.807, 2.05) is 0 Å². The van der Waals surface area contributed by atoms with Gasteiger partial charge in [-0.25, -0.2) is 4.98 Å². The maximum atomic E-state index is 5.84. The molecule has 18 heavy (non-hydrogen) atoms. The molecule has 0 atom stereocenters. The first kappa shape index (κ1) is 11.5. The number of nitrogens with one attached hydrogen (secondary N) is 1. The van der Waals surface area contributed by atoms with Crippen molar-refractivity contribution in [3.8, 4) is 0 Å². The van der Waals surface area contributed by atoms with Crippen molar-refractivity contribution in [3.63, 3.8) is 0 Å². The van der Waals surface area contributed by atoms with E-state index in [2.05, 4.69) is 33.5 Å². The van der Waals surface area contributed by atoms with Gasteiger partial charge in [0.1, 0.15) is 5.15 Å². The fourth-order valence-electron chi connectivity index (χ4n) is 2.44. The van der Waals surface area contributed by atoms with E-state index in [0.717, 1.165) is 12.1 Å². The standard InChI is InChI=1S/C14H14ClN3/c15-13-8-16-9-14(18-13)17-12-7-3-5-10-4-1-2-6-11(10)12/h3,5,7-9H,1-2,4,6H2,(H,17,18). The SMILES string of the molecule is Clc1cncc(Nc2cccc3c2CCCC3)n1. The number of halogens is 1. The van der Waals surface area contributed by atoms with Crippen LogP contribution < -0.4 is 5.32 Å². The van der Waals surface area contributed by atoms with Gasteiger partial charge in [0.2, 0.25) is 0 Å². The normalized spacial score (nSPS) is 14.1. The molecular weight excluding hydrogens is 246 g/mol. The molecule has 3 rings (SSSR count). The first-order valence-corrected chi connectivity index (χ1v) is 6.56. The highest BCUT2D eigenvalue weighted by molar-refractivity contribution is 6.29. The molecule has 1 aromatic heterocycles. The van der Waals surface area contributed by atoms with Crippen LogP contribution in [0.25, 0.3) is 0 Å². The van der Waals surface area contributed by atoms with E-state index in [1.54, 1.807) is 6.20 Å². The lowest BCUT2D eigenvalue weighted by Crippen LogP contribution is -2.06. The number of anilines is 2. The first-order chi connectivity index (χ1) is 8.83. The fourth-order valence-corrected chi connectivity index (χ4v) is 2.59. The Bertz CT molecular complexity index is 569. The molecule has 0 radical (unpaired) electrons. The van der Waals surface area contributed by atoms with Crippen LogP contribution in [-0.4, -0.2) is 9.97 Å². The van der Waals surface area contributed by atoms with Gasteiger partial charge in [-0.15, -0.1) is 0 Å². The fraction of sp³-hybridized carbons (Fsp3) is 0.286. The number of rotatable bonds is 2. The third-order valence-electron chi connectivity index (χ3n) is 3.26. The second-order valence-electron chi connectivity index (χ2n) is 4.50. The van der Waals surface area contributed by atoms with Crippen LogP contribution in [0.4, 0.5) is 11.5 Å². The van der Waals surface area contributed by atoms with E-state index in [-0.39, 0.29) is 0 Å². The van der Waals surface area contributed by atoms with Gasteiger partial charge >= 0.3 is 0 Å². The summed E-state index contributed by atoms with van der Waals surface area (Å²) in [6.07, 6.45) is 8.07. The Hall–Kier alpha value is -1.61. The van der Waals surface area contributed by atoms with Crippen molar-refractivity contribution in [3.05, 3.63) is 46.9 Å². The molecule has 0 unspecified atom stereocenters. The Labute approximate surface area is 111 Å². The molecule has 0 saturated heterocycles. The van der Waals surface area contributed by atoms with Crippen LogP contribution >= 0.6 is 11.6 Å². The Balaban J connectivity index is 1.93. The van der Waals surface area contributed by atoms with Gasteiger partial charge in [-0.2, -0.15) is 0 Å². The van der Waals surface area contributed by atoms with E-state index in [4.69, 9.17) is 11.6 Å². The minimum atomic E-state index is 0.407. The van der Waals surface area contributed by atoms with Crippen LogP contribution in [0, 0.1) is 0 Å². The molecule has 1 aliphatic rings. The molecule has 1 aliphatic carbocycles. The second kappa shape index (κ2) is 4.94. The summed E-state index contributed by atoms with van der Waals surface area (Å²) in [6.45, 7) is 0. The third kappa shape index (κ3) is 2.31. The summed E-state index contributed by atoms with van der Waals surface area (Å²) in [6, 6.07) is 6.39. The topological polar surface area (TPSA) is 37.8 Å². The number of aromatic nitrogens is 2. The van der Waals surface area contributed by atoms with Gasteiger partial charge in [-0.1, -0.05) is 23.7 Å². The molecule has 1 N–H and O–H groups in total. The average molecular weight is 260 g/mol. The minimum absolute atomic E-state index is 0.407. The number of hydrogen-bond donors (Lipinski definition) is 1. The largest absolute Gasteiger partial charge is 0.339 e. The number of hydrogen-bond acceptors (Lipinski definition) is 3. The van der Waals surface area contributed by atoms with Crippen LogP contribution in [-0.2, 0) is 12.8 Å².